The number of nitrogens with zero attached hydrogens (tertiary/aromatic N) is 3. The highest BCUT2D eigenvalue weighted by molar-refractivity contribution is 7.09. The van der Waals surface area contributed by atoms with Crippen LogP contribution in [-0.4, -0.2) is 28.0 Å². The Morgan fingerprint density at radius 1 is 1.32 bits per heavy atom. The molecule has 3 aromatic rings. The zero-order valence-electron chi connectivity index (χ0n) is 14.2. The molecule has 6 heteroatoms. The summed E-state index contributed by atoms with van der Waals surface area (Å²) < 4.78 is 0. The fourth-order valence-electron chi connectivity index (χ4n) is 2.59. The Bertz CT molecular complexity index is 903. The van der Waals surface area contributed by atoms with Gasteiger partial charge in [-0.15, -0.1) is 11.3 Å². The molecular formula is C19H20N4OS. The van der Waals surface area contributed by atoms with Gasteiger partial charge in [0.15, 0.2) is 0 Å². The van der Waals surface area contributed by atoms with Gasteiger partial charge in [-0.05, 0) is 18.6 Å². The Hall–Kier alpha value is -2.73. The Morgan fingerprint density at radius 2 is 2.20 bits per heavy atom. The number of aromatic nitrogens is 2. The van der Waals surface area contributed by atoms with E-state index < -0.39 is 0 Å². The minimum atomic E-state index is -0.299. The molecule has 1 atom stereocenters. The van der Waals surface area contributed by atoms with E-state index in [-0.39, 0.29) is 11.8 Å². The van der Waals surface area contributed by atoms with Crippen molar-refractivity contribution < 1.29 is 5.11 Å². The number of nitrogens with one attached hydrogen (secondary N) is 1. The van der Waals surface area contributed by atoms with E-state index >= 15 is 0 Å². The molecule has 2 aromatic heterocycles. The molecule has 3 rings (SSSR count). The number of thiazole rings is 1. The molecule has 5 nitrogen and oxygen atoms in total. The summed E-state index contributed by atoms with van der Waals surface area (Å²) in [6, 6.07) is 7.36. The molecule has 0 aliphatic rings. The highest BCUT2D eigenvalue weighted by Gasteiger charge is 2.22. The molecule has 1 aromatic carbocycles. The van der Waals surface area contributed by atoms with Gasteiger partial charge >= 0.3 is 0 Å². The number of hydrogen-bond acceptors (Lipinski definition) is 5. The summed E-state index contributed by atoms with van der Waals surface area (Å²) in [6.07, 6.45) is 8.34. The van der Waals surface area contributed by atoms with E-state index in [4.69, 9.17) is 0 Å². The van der Waals surface area contributed by atoms with Crippen molar-refractivity contribution in [2.24, 2.45) is 4.99 Å². The van der Waals surface area contributed by atoms with Crippen molar-refractivity contribution in [3.8, 4) is 5.75 Å². The summed E-state index contributed by atoms with van der Waals surface area (Å²) in [5.74, 6) is 0.906. The molecule has 25 heavy (non-hydrogen) atoms. The number of hydrogen-bond donors (Lipinski definition) is 2. The lowest BCUT2D eigenvalue weighted by molar-refractivity contribution is 0.468. The predicted octanol–water partition coefficient (Wildman–Crippen LogP) is 4.07. The lowest BCUT2D eigenvalue weighted by Gasteiger charge is -2.20. The molecule has 1 unspecified atom stereocenters. The van der Waals surface area contributed by atoms with Crippen molar-refractivity contribution >= 4 is 28.1 Å². The summed E-state index contributed by atoms with van der Waals surface area (Å²) in [6.45, 7) is 2.07. The van der Waals surface area contributed by atoms with Crippen LogP contribution in [-0.2, 0) is 0 Å². The van der Waals surface area contributed by atoms with Gasteiger partial charge < -0.3 is 10.4 Å². The summed E-state index contributed by atoms with van der Waals surface area (Å²) in [7, 11) is 1.74. The SMILES string of the molecule is CC/C=C\C(=NC)NC(c1nccs1)c1ccc2cccnc2c1O. The maximum absolute atomic E-state index is 10.8. The van der Waals surface area contributed by atoms with Crippen LogP contribution in [0.4, 0.5) is 0 Å². The topological polar surface area (TPSA) is 70.4 Å². The Kier molecular flexibility index (Phi) is 5.40. The third kappa shape index (κ3) is 3.69. The highest BCUT2D eigenvalue weighted by Crippen LogP contribution is 2.35. The number of aromatic hydroxyl groups is 1. The molecule has 128 valence electrons. The Morgan fingerprint density at radius 3 is 2.92 bits per heavy atom. The molecule has 0 fully saturated rings. The maximum atomic E-state index is 10.8. The van der Waals surface area contributed by atoms with Crippen LogP contribution < -0.4 is 5.32 Å². The maximum Gasteiger partial charge on any atom is 0.147 e. The first-order chi connectivity index (χ1) is 12.2. The van der Waals surface area contributed by atoms with E-state index in [1.807, 2.05) is 41.8 Å². The van der Waals surface area contributed by atoms with Gasteiger partial charge in [-0.1, -0.05) is 31.2 Å². The van der Waals surface area contributed by atoms with Gasteiger partial charge in [-0.2, -0.15) is 0 Å². The molecule has 2 N–H and O–H groups in total. The molecule has 0 saturated carbocycles. The number of amidine groups is 1. The first kappa shape index (κ1) is 17.1. The average Bonchev–Trinajstić information content (AvgIpc) is 3.18. The fourth-order valence-corrected chi connectivity index (χ4v) is 3.30. The normalized spacial score (nSPS) is 13.4. The van der Waals surface area contributed by atoms with Crippen molar-refractivity contribution in [3.05, 3.63) is 64.8 Å². The van der Waals surface area contributed by atoms with Gasteiger partial charge in [-0.3, -0.25) is 9.98 Å². The van der Waals surface area contributed by atoms with Crippen molar-refractivity contribution in [1.29, 1.82) is 0 Å². The summed E-state index contributed by atoms with van der Waals surface area (Å²) in [4.78, 5) is 13.0. The third-order valence-corrected chi connectivity index (χ3v) is 4.67. The average molecular weight is 352 g/mol. The van der Waals surface area contributed by atoms with Crippen LogP contribution in [0.1, 0.15) is 30.0 Å². The fraction of sp³-hybridized carbons (Fsp3) is 0.211. The molecule has 0 bridgehead atoms. The summed E-state index contributed by atoms with van der Waals surface area (Å²) in [5, 5.41) is 17.9. The van der Waals surface area contributed by atoms with Crippen LogP contribution in [0.15, 0.2) is 59.2 Å². The molecule has 2 heterocycles. The Labute approximate surface area is 150 Å². The van der Waals surface area contributed by atoms with E-state index in [0.717, 1.165) is 28.2 Å². The van der Waals surface area contributed by atoms with Crippen molar-refractivity contribution in [2.75, 3.05) is 7.05 Å². The highest BCUT2D eigenvalue weighted by atomic mass is 32.1. The van der Waals surface area contributed by atoms with Gasteiger partial charge in [0.2, 0.25) is 0 Å². The van der Waals surface area contributed by atoms with Crippen molar-refractivity contribution in [1.82, 2.24) is 15.3 Å². The van der Waals surface area contributed by atoms with Crippen LogP contribution in [0, 0.1) is 0 Å². The minimum absolute atomic E-state index is 0.167. The summed E-state index contributed by atoms with van der Waals surface area (Å²) >= 11 is 1.53. The quantitative estimate of drug-likeness (QED) is 0.536. The van der Waals surface area contributed by atoms with E-state index in [1.165, 1.54) is 11.3 Å². The van der Waals surface area contributed by atoms with E-state index in [1.54, 1.807) is 19.4 Å². The van der Waals surface area contributed by atoms with E-state index in [0.29, 0.717) is 5.52 Å². The third-order valence-electron chi connectivity index (χ3n) is 3.83. The van der Waals surface area contributed by atoms with Gasteiger partial charge in [0.25, 0.3) is 0 Å². The van der Waals surface area contributed by atoms with Crippen molar-refractivity contribution in [3.63, 3.8) is 0 Å². The standard InChI is InChI=1S/C19H20N4OS/c1-3-4-7-15(20-2)23-17(19-22-11-12-25-19)14-9-8-13-6-5-10-21-16(13)18(14)24/h4-12,17,24H,3H2,1-2H3,(H,20,23)/b7-4-. The molecular weight excluding hydrogens is 332 g/mol. The minimum Gasteiger partial charge on any atom is -0.505 e. The van der Waals surface area contributed by atoms with Crippen LogP contribution in [0.25, 0.3) is 10.9 Å². The monoisotopic (exact) mass is 352 g/mol. The van der Waals surface area contributed by atoms with E-state index in [9.17, 15) is 5.11 Å². The number of aliphatic imine (C=N–C) groups is 1. The predicted molar refractivity (Wildman–Crippen MR) is 103 cm³/mol. The largest absolute Gasteiger partial charge is 0.505 e. The number of fused-ring (bicyclic) bond motifs is 1. The molecule has 0 radical (unpaired) electrons. The van der Waals surface area contributed by atoms with Gasteiger partial charge in [0.1, 0.15) is 28.2 Å². The molecule has 0 aliphatic carbocycles. The second-order valence-electron chi connectivity index (χ2n) is 5.45. The second-order valence-corrected chi connectivity index (χ2v) is 6.37. The zero-order chi connectivity index (χ0) is 17.6. The molecule has 0 amide bonds. The lowest BCUT2D eigenvalue weighted by atomic mass is 10.0. The molecule has 0 spiro atoms. The van der Waals surface area contributed by atoms with Crippen LogP contribution in [0.3, 0.4) is 0 Å². The van der Waals surface area contributed by atoms with Gasteiger partial charge in [0.05, 0.1) is 0 Å². The van der Waals surface area contributed by atoms with Crippen molar-refractivity contribution in [2.45, 2.75) is 19.4 Å². The number of phenolic OH excluding ortho intramolecular Hbond substituents is 1. The van der Waals surface area contributed by atoms with Crippen LogP contribution >= 0.6 is 11.3 Å². The van der Waals surface area contributed by atoms with E-state index in [2.05, 4.69) is 27.2 Å². The van der Waals surface area contributed by atoms with Crippen LogP contribution in [0.5, 0.6) is 5.75 Å². The van der Waals surface area contributed by atoms with Crippen LogP contribution in [0.2, 0.25) is 0 Å². The number of benzene rings is 1. The smallest absolute Gasteiger partial charge is 0.147 e. The molecule has 0 aliphatic heterocycles. The first-order valence-corrected chi connectivity index (χ1v) is 8.98. The van der Waals surface area contributed by atoms with Gasteiger partial charge in [-0.25, -0.2) is 4.98 Å². The number of rotatable bonds is 5. The number of pyridine rings is 1. The first-order valence-electron chi connectivity index (χ1n) is 8.10. The lowest BCUT2D eigenvalue weighted by Crippen LogP contribution is -2.28. The number of phenols is 1. The number of allylic oxidation sites excluding steroid dienone is 1. The summed E-state index contributed by atoms with van der Waals surface area (Å²) in [5.41, 5.74) is 1.31. The molecule has 0 saturated heterocycles. The second kappa shape index (κ2) is 7.90. The van der Waals surface area contributed by atoms with Gasteiger partial charge in [0, 0.05) is 35.8 Å². The Balaban J connectivity index is 2.06. The zero-order valence-corrected chi connectivity index (χ0v) is 15.0.